The molecule has 0 heterocycles. The molecular formula is C21H16BrFN2O4. The van der Waals surface area contributed by atoms with Crippen molar-refractivity contribution >= 4 is 27.8 Å². The molecule has 0 radical (unpaired) electrons. The van der Waals surface area contributed by atoms with E-state index in [4.69, 9.17) is 9.57 Å². The maximum atomic E-state index is 13.0. The predicted molar refractivity (Wildman–Crippen MR) is 110 cm³/mol. The average molecular weight is 459 g/mol. The van der Waals surface area contributed by atoms with Crippen LogP contribution in [0.15, 0.2) is 76.4 Å². The second-order valence-electron chi connectivity index (χ2n) is 6.03. The van der Waals surface area contributed by atoms with Gasteiger partial charge in [-0.3, -0.25) is 10.1 Å². The molecule has 3 aromatic carbocycles. The predicted octanol–water partition coefficient (Wildman–Crippen LogP) is 5.63. The normalized spacial score (nSPS) is 10.8. The van der Waals surface area contributed by atoms with E-state index in [1.54, 1.807) is 30.3 Å². The van der Waals surface area contributed by atoms with E-state index in [0.29, 0.717) is 16.9 Å². The van der Waals surface area contributed by atoms with Gasteiger partial charge in [0.05, 0.1) is 11.1 Å². The Labute approximate surface area is 174 Å². The molecule has 148 valence electrons. The molecule has 6 nitrogen and oxygen atoms in total. The molecule has 0 amide bonds. The third-order valence-electron chi connectivity index (χ3n) is 3.90. The lowest BCUT2D eigenvalue weighted by atomic mass is 10.2. The number of non-ortho nitro benzene ring substituents is 1. The number of ether oxygens (including phenoxy) is 1. The van der Waals surface area contributed by atoms with Gasteiger partial charge in [0.1, 0.15) is 24.8 Å². The monoisotopic (exact) mass is 458 g/mol. The second kappa shape index (κ2) is 9.79. The van der Waals surface area contributed by atoms with Crippen LogP contribution in [0.25, 0.3) is 0 Å². The van der Waals surface area contributed by atoms with E-state index in [2.05, 4.69) is 21.1 Å². The summed E-state index contributed by atoms with van der Waals surface area (Å²) in [4.78, 5) is 15.6. The summed E-state index contributed by atoms with van der Waals surface area (Å²) in [5.41, 5.74) is 2.15. The van der Waals surface area contributed by atoms with Gasteiger partial charge < -0.3 is 9.57 Å². The van der Waals surface area contributed by atoms with Crippen molar-refractivity contribution in [2.45, 2.75) is 13.2 Å². The van der Waals surface area contributed by atoms with E-state index in [0.717, 1.165) is 10.0 Å². The van der Waals surface area contributed by atoms with Gasteiger partial charge in [-0.25, -0.2) is 4.39 Å². The molecule has 0 aromatic heterocycles. The Balaban J connectivity index is 1.63. The largest absolute Gasteiger partial charge is 0.488 e. The summed E-state index contributed by atoms with van der Waals surface area (Å²) in [7, 11) is 0. The van der Waals surface area contributed by atoms with Gasteiger partial charge in [-0.05, 0) is 41.5 Å². The van der Waals surface area contributed by atoms with Gasteiger partial charge in [0, 0.05) is 22.2 Å². The quantitative estimate of drug-likeness (QED) is 0.249. The first-order valence-corrected chi connectivity index (χ1v) is 9.36. The van der Waals surface area contributed by atoms with Gasteiger partial charge in [-0.15, -0.1) is 0 Å². The summed E-state index contributed by atoms with van der Waals surface area (Å²) in [6.07, 6.45) is 1.50. The number of halogens is 2. The lowest BCUT2D eigenvalue weighted by molar-refractivity contribution is -0.384. The number of nitrogens with zero attached hydrogens (tertiary/aromatic N) is 2. The molecule has 29 heavy (non-hydrogen) atoms. The highest BCUT2D eigenvalue weighted by molar-refractivity contribution is 9.10. The lowest BCUT2D eigenvalue weighted by Crippen LogP contribution is -1.99. The summed E-state index contributed by atoms with van der Waals surface area (Å²) in [6.45, 7) is 0.370. The van der Waals surface area contributed by atoms with Crippen LogP contribution < -0.4 is 4.74 Å². The molecule has 8 heteroatoms. The minimum Gasteiger partial charge on any atom is -0.488 e. The summed E-state index contributed by atoms with van der Waals surface area (Å²) in [5, 5.41) is 14.8. The molecule has 0 unspecified atom stereocenters. The SMILES string of the molecule is O=[N+]([O-])c1cccc(CO/N=C\c2cc(Br)ccc2OCc2ccc(F)cc2)c1. The van der Waals surface area contributed by atoms with E-state index in [-0.39, 0.29) is 24.7 Å². The second-order valence-corrected chi connectivity index (χ2v) is 6.95. The molecule has 0 N–H and O–H groups in total. The summed E-state index contributed by atoms with van der Waals surface area (Å²) in [6, 6.07) is 17.7. The summed E-state index contributed by atoms with van der Waals surface area (Å²) >= 11 is 3.40. The van der Waals surface area contributed by atoms with E-state index in [9.17, 15) is 14.5 Å². The van der Waals surface area contributed by atoms with Gasteiger partial charge >= 0.3 is 0 Å². The van der Waals surface area contributed by atoms with Gasteiger partial charge in [0.25, 0.3) is 5.69 Å². The van der Waals surface area contributed by atoms with Crippen molar-refractivity contribution in [1.82, 2.24) is 0 Å². The first kappa shape index (κ1) is 20.5. The first-order chi connectivity index (χ1) is 14.0. The number of benzene rings is 3. The highest BCUT2D eigenvalue weighted by Crippen LogP contribution is 2.23. The Morgan fingerprint density at radius 3 is 2.59 bits per heavy atom. The Bertz CT molecular complexity index is 1030. The first-order valence-electron chi connectivity index (χ1n) is 8.57. The van der Waals surface area contributed by atoms with Crippen LogP contribution in [0, 0.1) is 15.9 Å². The van der Waals surface area contributed by atoms with Crippen LogP contribution in [0.5, 0.6) is 5.75 Å². The minimum absolute atomic E-state index is 0.00134. The molecule has 0 aliphatic heterocycles. The molecule has 0 aliphatic carbocycles. The van der Waals surface area contributed by atoms with Gasteiger partial charge in [0.2, 0.25) is 0 Å². The zero-order valence-corrected chi connectivity index (χ0v) is 16.7. The zero-order valence-electron chi connectivity index (χ0n) is 15.1. The fourth-order valence-corrected chi connectivity index (χ4v) is 2.84. The van der Waals surface area contributed by atoms with Crippen molar-refractivity contribution < 1.29 is 18.9 Å². The Hall–Kier alpha value is -3.26. The molecule has 0 saturated carbocycles. The smallest absolute Gasteiger partial charge is 0.269 e. The summed E-state index contributed by atoms with van der Waals surface area (Å²) in [5.74, 6) is 0.284. The van der Waals surface area contributed by atoms with Crippen LogP contribution >= 0.6 is 15.9 Å². The molecule has 0 atom stereocenters. The maximum Gasteiger partial charge on any atom is 0.269 e. The molecule has 0 spiro atoms. The van der Waals surface area contributed by atoms with E-state index in [1.165, 1.54) is 30.5 Å². The highest BCUT2D eigenvalue weighted by Gasteiger charge is 2.06. The summed E-state index contributed by atoms with van der Waals surface area (Å²) < 4.78 is 19.7. The van der Waals surface area contributed by atoms with Crippen molar-refractivity contribution in [3.8, 4) is 5.75 Å². The molecule has 0 fully saturated rings. The molecular weight excluding hydrogens is 443 g/mol. The third-order valence-corrected chi connectivity index (χ3v) is 4.39. The van der Waals surface area contributed by atoms with E-state index in [1.807, 2.05) is 12.1 Å². The highest BCUT2D eigenvalue weighted by atomic mass is 79.9. The van der Waals surface area contributed by atoms with Crippen LogP contribution in [0.2, 0.25) is 0 Å². The fraction of sp³-hybridized carbons (Fsp3) is 0.0952. The Morgan fingerprint density at radius 1 is 1.03 bits per heavy atom. The molecule has 0 saturated heterocycles. The van der Waals surface area contributed by atoms with Crippen LogP contribution in [-0.4, -0.2) is 11.1 Å². The van der Waals surface area contributed by atoms with Gasteiger partial charge in [-0.2, -0.15) is 0 Å². The fourth-order valence-electron chi connectivity index (χ4n) is 2.46. The number of nitro benzene ring substituents is 1. The minimum atomic E-state index is -0.459. The number of hydrogen-bond acceptors (Lipinski definition) is 5. The van der Waals surface area contributed by atoms with Crippen molar-refractivity contribution in [3.05, 3.63) is 104 Å². The van der Waals surface area contributed by atoms with Crippen LogP contribution in [0.4, 0.5) is 10.1 Å². The third kappa shape index (κ3) is 6.11. The van der Waals surface area contributed by atoms with E-state index >= 15 is 0 Å². The average Bonchev–Trinajstić information content (AvgIpc) is 2.72. The van der Waals surface area contributed by atoms with Crippen molar-refractivity contribution in [3.63, 3.8) is 0 Å². The van der Waals surface area contributed by atoms with Crippen molar-refractivity contribution in [1.29, 1.82) is 0 Å². The Kier molecular flexibility index (Phi) is 6.91. The number of rotatable bonds is 8. The zero-order chi connectivity index (χ0) is 20.6. The van der Waals surface area contributed by atoms with Crippen LogP contribution in [-0.2, 0) is 18.1 Å². The van der Waals surface area contributed by atoms with Crippen LogP contribution in [0.3, 0.4) is 0 Å². The molecule has 3 rings (SSSR count). The molecule has 0 bridgehead atoms. The molecule has 3 aromatic rings. The van der Waals surface area contributed by atoms with Crippen LogP contribution in [0.1, 0.15) is 16.7 Å². The maximum absolute atomic E-state index is 13.0. The van der Waals surface area contributed by atoms with Crippen molar-refractivity contribution in [2.24, 2.45) is 5.16 Å². The Morgan fingerprint density at radius 2 is 1.83 bits per heavy atom. The standard InChI is InChI=1S/C21H16BrFN2O4/c22-18-6-9-21(28-13-15-4-7-19(23)8-5-15)17(11-18)12-24-29-14-16-2-1-3-20(10-16)25(26)27/h1-12H,13-14H2/b24-12-. The van der Waals surface area contributed by atoms with Gasteiger partial charge in [-0.1, -0.05) is 45.4 Å². The number of nitro groups is 1. The number of oxime groups is 1. The number of hydrogen-bond donors (Lipinski definition) is 0. The topological polar surface area (TPSA) is 74.0 Å². The van der Waals surface area contributed by atoms with Gasteiger partial charge in [0.15, 0.2) is 0 Å². The van der Waals surface area contributed by atoms with Crippen molar-refractivity contribution in [2.75, 3.05) is 0 Å². The van der Waals surface area contributed by atoms with E-state index < -0.39 is 4.92 Å². The lowest BCUT2D eigenvalue weighted by Gasteiger charge is -2.09. The molecule has 0 aliphatic rings.